The van der Waals surface area contributed by atoms with Crippen molar-refractivity contribution in [3.05, 3.63) is 18.7 Å². The van der Waals surface area contributed by atoms with Gasteiger partial charge in [-0.3, -0.25) is 14.4 Å². The molecule has 1 aromatic heterocycles. The Morgan fingerprint density at radius 1 is 1.28 bits per heavy atom. The fourth-order valence-corrected chi connectivity index (χ4v) is 4.36. The number of carbonyl (C=O) groups is 3. The van der Waals surface area contributed by atoms with Crippen LogP contribution in [-0.4, -0.2) is 56.0 Å². The Kier molecular flexibility index (Phi) is 3.59. The summed E-state index contributed by atoms with van der Waals surface area (Å²) in [6.45, 7) is 1.63. The second-order valence-electron chi connectivity index (χ2n) is 7.61. The van der Waals surface area contributed by atoms with Gasteiger partial charge in [0.25, 0.3) is 0 Å². The lowest BCUT2D eigenvalue weighted by Gasteiger charge is -2.42. The molecule has 1 aromatic rings. The molecule has 0 unspecified atom stereocenters. The zero-order chi connectivity index (χ0) is 17.7. The number of aromatic nitrogens is 2. The zero-order valence-electron chi connectivity index (χ0n) is 14.0. The highest BCUT2D eigenvalue weighted by molar-refractivity contribution is 5.89. The molecule has 2 amide bonds. The van der Waals surface area contributed by atoms with Gasteiger partial charge in [0, 0.05) is 38.4 Å². The third-order valence-corrected chi connectivity index (χ3v) is 6.04. The number of amides is 2. The first-order chi connectivity index (χ1) is 11.9. The molecule has 134 valence electrons. The molecule has 2 saturated heterocycles. The van der Waals surface area contributed by atoms with E-state index in [1.165, 1.54) is 0 Å². The molecule has 1 atom stereocenters. The van der Waals surface area contributed by atoms with Crippen LogP contribution in [0.1, 0.15) is 32.1 Å². The van der Waals surface area contributed by atoms with Gasteiger partial charge in [0.15, 0.2) is 0 Å². The molecule has 3 heterocycles. The number of nitrogens with one attached hydrogen (secondary N) is 1. The van der Waals surface area contributed by atoms with E-state index in [4.69, 9.17) is 0 Å². The van der Waals surface area contributed by atoms with Crippen molar-refractivity contribution < 1.29 is 19.5 Å². The lowest BCUT2D eigenvalue weighted by Crippen LogP contribution is -2.57. The molecule has 0 aromatic carbocycles. The van der Waals surface area contributed by atoms with Crippen LogP contribution < -0.4 is 5.32 Å². The van der Waals surface area contributed by atoms with Crippen LogP contribution in [0.2, 0.25) is 0 Å². The number of carbonyl (C=O) groups excluding carboxylic acids is 2. The summed E-state index contributed by atoms with van der Waals surface area (Å²) in [6.07, 6.45) is 8.09. The van der Waals surface area contributed by atoms with E-state index in [-0.39, 0.29) is 23.7 Å². The largest absolute Gasteiger partial charge is 0.481 e. The summed E-state index contributed by atoms with van der Waals surface area (Å²) in [4.78, 5) is 42.1. The van der Waals surface area contributed by atoms with Crippen molar-refractivity contribution in [3.8, 4) is 0 Å². The monoisotopic (exact) mass is 346 g/mol. The topological polar surface area (TPSA) is 105 Å². The Morgan fingerprint density at radius 3 is 2.56 bits per heavy atom. The number of aliphatic carboxylic acids is 1. The van der Waals surface area contributed by atoms with Crippen LogP contribution in [0.15, 0.2) is 18.7 Å². The van der Waals surface area contributed by atoms with Gasteiger partial charge in [0.05, 0.1) is 23.2 Å². The van der Waals surface area contributed by atoms with Gasteiger partial charge < -0.3 is 19.9 Å². The minimum atomic E-state index is -0.933. The zero-order valence-corrected chi connectivity index (χ0v) is 14.0. The lowest BCUT2D eigenvalue weighted by molar-refractivity contribution is -0.145. The fourth-order valence-electron chi connectivity index (χ4n) is 4.36. The van der Waals surface area contributed by atoms with Crippen LogP contribution in [0.3, 0.4) is 0 Å². The van der Waals surface area contributed by atoms with E-state index in [0.717, 1.165) is 12.8 Å². The van der Waals surface area contributed by atoms with Crippen molar-refractivity contribution in [2.75, 3.05) is 13.1 Å². The number of likely N-dealkylation sites (tertiary alicyclic amines) is 1. The third-order valence-electron chi connectivity index (χ3n) is 6.04. The molecule has 2 aliphatic heterocycles. The Hall–Kier alpha value is -2.38. The maximum atomic E-state index is 13.0. The molecule has 2 N–H and O–H groups in total. The van der Waals surface area contributed by atoms with Crippen LogP contribution in [0, 0.1) is 11.3 Å². The normalized spacial score (nSPS) is 26.5. The number of carboxylic acids is 1. The maximum absolute atomic E-state index is 13.0. The first-order valence-corrected chi connectivity index (χ1v) is 8.73. The highest BCUT2D eigenvalue weighted by Gasteiger charge is 2.55. The second kappa shape index (κ2) is 5.57. The van der Waals surface area contributed by atoms with Crippen molar-refractivity contribution in [2.24, 2.45) is 11.3 Å². The Balaban J connectivity index is 1.43. The Labute approximate surface area is 145 Å². The van der Waals surface area contributed by atoms with Crippen LogP contribution in [0.4, 0.5) is 0 Å². The maximum Gasteiger partial charge on any atom is 0.309 e. The number of nitrogens with zero attached hydrogens (tertiary/aromatic N) is 3. The van der Waals surface area contributed by atoms with Crippen molar-refractivity contribution in [1.29, 1.82) is 0 Å². The van der Waals surface area contributed by atoms with E-state index >= 15 is 0 Å². The lowest BCUT2D eigenvalue weighted by atomic mass is 9.77. The molecule has 25 heavy (non-hydrogen) atoms. The van der Waals surface area contributed by atoms with Gasteiger partial charge >= 0.3 is 5.97 Å². The van der Waals surface area contributed by atoms with Gasteiger partial charge in [-0.15, -0.1) is 0 Å². The summed E-state index contributed by atoms with van der Waals surface area (Å²) >= 11 is 0. The van der Waals surface area contributed by atoms with Crippen LogP contribution in [0.25, 0.3) is 0 Å². The molecule has 0 radical (unpaired) electrons. The van der Waals surface area contributed by atoms with E-state index in [2.05, 4.69) is 10.3 Å². The van der Waals surface area contributed by atoms with E-state index < -0.39 is 17.4 Å². The highest BCUT2D eigenvalue weighted by Crippen LogP contribution is 2.49. The van der Waals surface area contributed by atoms with Crippen molar-refractivity contribution >= 4 is 17.8 Å². The van der Waals surface area contributed by atoms with E-state index in [1.54, 1.807) is 12.5 Å². The highest BCUT2D eigenvalue weighted by atomic mass is 16.4. The number of piperidine rings is 1. The summed E-state index contributed by atoms with van der Waals surface area (Å²) in [5.74, 6) is -1.69. The average molecular weight is 346 g/mol. The SMILES string of the molecule is O=C1C[C@H](C(=O)O)C2(CCN(C(=O)C3(Cn4ccnc4)CC3)CC2)N1. The summed E-state index contributed by atoms with van der Waals surface area (Å²) < 4.78 is 1.94. The number of carboxylic acid groups (broad SMARTS) is 1. The minimum Gasteiger partial charge on any atom is -0.481 e. The van der Waals surface area contributed by atoms with Gasteiger partial charge in [-0.25, -0.2) is 4.98 Å². The van der Waals surface area contributed by atoms with E-state index in [9.17, 15) is 19.5 Å². The smallest absolute Gasteiger partial charge is 0.309 e. The number of imidazole rings is 1. The summed E-state index contributed by atoms with van der Waals surface area (Å²) in [5, 5.41) is 12.3. The molecule has 4 rings (SSSR count). The number of rotatable bonds is 4. The molecule has 3 aliphatic rings. The fraction of sp³-hybridized carbons (Fsp3) is 0.647. The van der Waals surface area contributed by atoms with Crippen LogP contribution in [-0.2, 0) is 20.9 Å². The summed E-state index contributed by atoms with van der Waals surface area (Å²) in [6, 6.07) is 0. The van der Waals surface area contributed by atoms with E-state index in [0.29, 0.717) is 32.5 Å². The average Bonchev–Trinajstić information content (AvgIpc) is 3.03. The molecule has 8 nitrogen and oxygen atoms in total. The molecule has 0 bridgehead atoms. The molecule has 1 saturated carbocycles. The van der Waals surface area contributed by atoms with Gasteiger partial charge in [0.1, 0.15) is 0 Å². The van der Waals surface area contributed by atoms with Gasteiger partial charge in [0.2, 0.25) is 11.8 Å². The predicted octanol–water partition coefficient (Wildman–Crippen LogP) is 0.245. The minimum absolute atomic E-state index is 0.0356. The summed E-state index contributed by atoms with van der Waals surface area (Å²) in [5.41, 5.74) is -1.03. The molecular formula is C17H22N4O4. The molecule has 1 spiro atoms. The molecule has 8 heteroatoms. The third kappa shape index (κ3) is 2.69. The van der Waals surface area contributed by atoms with Gasteiger partial charge in [-0.05, 0) is 25.7 Å². The van der Waals surface area contributed by atoms with Gasteiger partial charge in [-0.2, -0.15) is 0 Å². The standard InChI is InChI=1S/C17H22N4O4/c22-13-9-12(14(23)24)17(19-13)3-6-21(7-4-17)15(25)16(1-2-16)10-20-8-5-18-11-20/h5,8,11-12H,1-4,6-7,9-10H2,(H,19,22)(H,23,24)/t12-/m1/s1. The molecule has 3 fully saturated rings. The second-order valence-corrected chi connectivity index (χ2v) is 7.61. The molecular weight excluding hydrogens is 324 g/mol. The first-order valence-electron chi connectivity index (χ1n) is 8.73. The van der Waals surface area contributed by atoms with Gasteiger partial charge in [-0.1, -0.05) is 0 Å². The number of hydrogen-bond donors (Lipinski definition) is 2. The van der Waals surface area contributed by atoms with Crippen molar-refractivity contribution in [2.45, 2.75) is 44.2 Å². The Bertz CT molecular complexity index is 702. The Morgan fingerprint density at radius 2 is 2.00 bits per heavy atom. The summed E-state index contributed by atoms with van der Waals surface area (Å²) in [7, 11) is 0. The number of hydrogen-bond acceptors (Lipinski definition) is 4. The predicted molar refractivity (Wildman–Crippen MR) is 86.3 cm³/mol. The molecule has 1 aliphatic carbocycles. The quantitative estimate of drug-likeness (QED) is 0.813. The van der Waals surface area contributed by atoms with Crippen LogP contribution in [0.5, 0.6) is 0 Å². The van der Waals surface area contributed by atoms with E-state index in [1.807, 2.05) is 15.7 Å². The first kappa shape index (κ1) is 16.1. The van der Waals surface area contributed by atoms with Crippen LogP contribution >= 0.6 is 0 Å². The van der Waals surface area contributed by atoms with Crippen molar-refractivity contribution in [1.82, 2.24) is 19.8 Å². The van der Waals surface area contributed by atoms with Crippen molar-refractivity contribution in [3.63, 3.8) is 0 Å².